The Hall–Kier alpha value is -1.90. The largest absolute Gasteiger partial charge is 0.378 e. The molecule has 2 aromatic rings. The summed E-state index contributed by atoms with van der Waals surface area (Å²) >= 11 is 0. The van der Waals surface area contributed by atoms with Gasteiger partial charge in [-0.2, -0.15) is 0 Å². The average Bonchev–Trinajstić information content (AvgIpc) is 2.49. The standard InChI is InChI=1S/C17H19NO2/c1-11-7-5-6-10-13(11)18-15-14(16(19)17(15)20)12-8-3-2-4-9-12/h2-4,8-9,11,13,18H,5-7,10H2,1H3/t11-,13+/m0/s1. The maximum Gasteiger partial charge on any atom is 0.250 e. The summed E-state index contributed by atoms with van der Waals surface area (Å²) in [5.41, 5.74) is 1.21. The van der Waals surface area contributed by atoms with Crippen molar-refractivity contribution in [2.24, 2.45) is 5.92 Å². The fourth-order valence-corrected chi connectivity index (χ4v) is 3.13. The topological polar surface area (TPSA) is 46.2 Å². The molecule has 104 valence electrons. The highest BCUT2D eigenvalue weighted by Crippen LogP contribution is 2.29. The molecule has 3 rings (SSSR count). The van der Waals surface area contributed by atoms with Gasteiger partial charge in [0.15, 0.2) is 0 Å². The van der Waals surface area contributed by atoms with Crippen LogP contribution in [0.15, 0.2) is 39.9 Å². The Morgan fingerprint density at radius 2 is 1.70 bits per heavy atom. The van der Waals surface area contributed by atoms with Crippen molar-refractivity contribution in [3.05, 3.63) is 50.8 Å². The van der Waals surface area contributed by atoms with Gasteiger partial charge in [0, 0.05) is 6.04 Å². The smallest absolute Gasteiger partial charge is 0.250 e. The Bertz CT molecular complexity index is 668. The fraction of sp³-hybridized carbons (Fsp3) is 0.412. The van der Waals surface area contributed by atoms with Crippen LogP contribution in [0.3, 0.4) is 0 Å². The second kappa shape index (κ2) is 5.23. The molecule has 20 heavy (non-hydrogen) atoms. The van der Waals surface area contributed by atoms with Crippen molar-refractivity contribution in [1.82, 2.24) is 0 Å². The molecule has 0 aliphatic heterocycles. The second-order valence-corrected chi connectivity index (χ2v) is 5.79. The van der Waals surface area contributed by atoms with Crippen molar-refractivity contribution in [2.45, 2.75) is 38.6 Å². The molecule has 1 aliphatic carbocycles. The number of nitrogens with one attached hydrogen (secondary N) is 1. The first kappa shape index (κ1) is 13.1. The maximum absolute atomic E-state index is 11.9. The molecule has 0 radical (unpaired) electrons. The van der Waals surface area contributed by atoms with Crippen LogP contribution in [0, 0.1) is 5.92 Å². The first-order chi connectivity index (χ1) is 9.68. The van der Waals surface area contributed by atoms with E-state index in [1.54, 1.807) is 0 Å². The predicted molar refractivity (Wildman–Crippen MR) is 81.8 cm³/mol. The zero-order chi connectivity index (χ0) is 14.1. The third-order valence-corrected chi connectivity index (χ3v) is 4.41. The molecule has 1 aliphatic rings. The number of anilines is 1. The van der Waals surface area contributed by atoms with Gasteiger partial charge in [0.25, 0.3) is 0 Å². The fourth-order valence-electron chi connectivity index (χ4n) is 3.13. The van der Waals surface area contributed by atoms with E-state index in [1.165, 1.54) is 19.3 Å². The van der Waals surface area contributed by atoms with Gasteiger partial charge in [-0.25, -0.2) is 0 Å². The van der Waals surface area contributed by atoms with Crippen LogP contribution in [0.5, 0.6) is 0 Å². The van der Waals surface area contributed by atoms with Crippen molar-refractivity contribution in [3.8, 4) is 11.1 Å². The van der Waals surface area contributed by atoms with Gasteiger partial charge in [-0.1, -0.05) is 50.1 Å². The predicted octanol–water partition coefficient (Wildman–Crippen LogP) is 2.94. The molecule has 1 N–H and O–H groups in total. The lowest BCUT2D eigenvalue weighted by Crippen LogP contribution is -2.41. The van der Waals surface area contributed by atoms with E-state index in [4.69, 9.17) is 0 Å². The number of rotatable bonds is 3. The highest BCUT2D eigenvalue weighted by atomic mass is 16.2. The third kappa shape index (κ3) is 2.17. The van der Waals surface area contributed by atoms with E-state index >= 15 is 0 Å². The van der Waals surface area contributed by atoms with Crippen LogP contribution < -0.4 is 16.2 Å². The van der Waals surface area contributed by atoms with Crippen molar-refractivity contribution in [1.29, 1.82) is 0 Å². The summed E-state index contributed by atoms with van der Waals surface area (Å²) in [6.07, 6.45) is 4.72. The molecule has 2 aromatic carbocycles. The van der Waals surface area contributed by atoms with Crippen molar-refractivity contribution in [3.63, 3.8) is 0 Å². The number of benzene rings is 1. The van der Waals surface area contributed by atoms with Crippen molar-refractivity contribution >= 4 is 5.69 Å². The van der Waals surface area contributed by atoms with Gasteiger partial charge in [-0.15, -0.1) is 0 Å². The molecule has 0 spiro atoms. The summed E-state index contributed by atoms with van der Waals surface area (Å²) in [6, 6.07) is 9.76. The Morgan fingerprint density at radius 3 is 2.40 bits per heavy atom. The molecule has 0 unspecified atom stereocenters. The highest BCUT2D eigenvalue weighted by molar-refractivity contribution is 5.81. The summed E-state index contributed by atoms with van der Waals surface area (Å²) in [5.74, 6) is 0.553. The van der Waals surface area contributed by atoms with E-state index in [2.05, 4.69) is 12.2 Å². The molecule has 0 aromatic heterocycles. The van der Waals surface area contributed by atoms with Gasteiger partial charge in [-0.3, -0.25) is 9.59 Å². The maximum atomic E-state index is 11.9. The molecular formula is C17H19NO2. The molecule has 3 nitrogen and oxygen atoms in total. The highest BCUT2D eigenvalue weighted by Gasteiger charge is 2.27. The molecule has 1 fully saturated rings. The molecule has 0 saturated heterocycles. The zero-order valence-corrected chi connectivity index (χ0v) is 11.7. The quantitative estimate of drug-likeness (QED) is 0.871. The normalized spacial score (nSPS) is 22.9. The van der Waals surface area contributed by atoms with Crippen LogP contribution in [-0.2, 0) is 0 Å². The zero-order valence-electron chi connectivity index (χ0n) is 11.7. The minimum Gasteiger partial charge on any atom is -0.378 e. The summed E-state index contributed by atoms with van der Waals surface area (Å²) < 4.78 is 0. The van der Waals surface area contributed by atoms with Crippen molar-refractivity contribution < 1.29 is 0 Å². The summed E-state index contributed by atoms with van der Waals surface area (Å²) in [7, 11) is 0. The number of hydrogen-bond donors (Lipinski definition) is 1. The molecule has 2 atom stereocenters. The van der Waals surface area contributed by atoms with Crippen molar-refractivity contribution in [2.75, 3.05) is 5.32 Å². The van der Waals surface area contributed by atoms with E-state index in [0.29, 0.717) is 23.2 Å². The third-order valence-electron chi connectivity index (χ3n) is 4.41. The first-order valence-electron chi connectivity index (χ1n) is 7.33. The van der Waals surface area contributed by atoms with Gasteiger partial charge >= 0.3 is 0 Å². The van der Waals surface area contributed by atoms with E-state index in [-0.39, 0.29) is 10.9 Å². The van der Waals surface area contributed by atoms with Crippen LogP contribution in [0.1, 0.15) is 32.6 Å². The van der Waals surface area contributed by atoms with Gasteiger partial charge < -0.3 is 5.32 Å². The molecule has 0 bridgehead atoms. The summed E-state index contributed by atoms with van der Waals surface area (Å²) in [6.45, 7) is 2.21. The van der Waals surface area contributed by atoms with E-state index in [0.717, 1.165) is 12.0 Å². The Kier molecular flexibility index (Phi) is 3.43. The molecule has 0 amide bonds. The number of hydrogen-bond acceptors (Lipinski definition) is 3. The summed E-state index contributed by atoms with van der Waals surface area (Å²) in [5, 5.41) is 3.34. The van der Waals surface area contributed by atoms with Crippen LogP contribution in [0.25, 0.3) is 11.1 Å². The monoisotopic (exact) mass is 269 g/mol. The lowest BCUT2D eigenvalue weighted by molar-refractivity contribution is 0.349. The average molecular weight is 269 g/mol. The SMILES string of the molecule is C[C@H]1CCCC[C@H]1Nc1c(-c2ccccc2)c(=O)c1=O. The minimum atomic E-state index is -0.360. The second-order valence-electron chi connectivity index (χ2n) is 5.79. The Balaban J connectivity index is 1.90. The van der Waals surface area contributed by atoms with Gasteiger partial charge in [0.1, 0.15) is 0 Å². The minimum absolute atomic E-state index is 0.314. The lowest BCUT2D eigenvalue weighted by Gasteiger charge is -2.31. The van der Waals surface area contributed by atoms with Gasteiger partial charge in [0.2, 0.25) is 10.9 Å². The van der Waals surface area contributed by atoms with Gasteiger partial charge in [0.05, 0.1) is 11.3 Å². The molecule has 3 heteroatoms. The van der Waals surface area contributed by atoms with E-state index < -0.39 is 0 Å². The summed E-state index contributed by atoms with van der Waals surface area (Å²) in [4.78, 5) is 23.7. The Labute approximate surface area is 118 Å². The van der Waals surface area contributed by atoms with E-state index in [9.17, 15) is 9.59 Å². The molecule has 0 heterocycles. The van der Waals surface area contributed by atoms with Crippen LogP contribution in [-0.4, -0.2) is 6.04 Å². The van der Waals surface area contributed by atoms with E-state index in [1.807, 2.05) is 30.3 Å². The van der Waals surface area contributed by atoms with Crippen LogP contribution >= 0.6 is 0 Å². The van der Waals surface area contributed by atoms with Crippen LogP contribution in [0.4, 0.5) is 5.69 Å². The molecule has 1 saturated carbocycles. The molecular weight excluding hydrogens is 250 g/mol. The lowest BCUT2D eigenvalue weighted by atomic mass is 9.85. The first-order valence-corrected chi connectivity index (χ1v) is 7.33. The Morgan fingerprint density at radius 1 is 1.00 bits per heavy atom. The van der Waals surface area contributed by atoms with Gasteiger partial charge in [-0.05, 0) is 24.3 Å². The van der Waals surface area contributed by atoms with Crippen LogP contribution in [0.2, 0.25) is 0 Å².